The summed E-state index contributed by atoms with van der Waals surface area (Å²) in [7, 11) is 0. The SMILES string of the molecule is CCC1CNC(C2CC2)CN1Cc1ccoc1. The zero-order valence-corrected chi connectivity index (χ0v) is 10.6. The van der Waals surface area contributed by atoms with E-state index in [1.54, 1.807) is 6.26 Å². The molecule has 2 fully saturated rings. The van der Waals surface area contributed by atoms with Gasteiger partial charge in [0.25, 0.3) is 0 Å². The molecule has 2 unspecified atom stereocenters. The predicted octanol–water partition coefficient (Wildman–Crippen LogP) is 2.24. The molecule has 1 aliphatic carbocycles. The van der Waals surface area contributed by atoms with Gasteiger partial charge in [0, 0.05) is 37.3 Å². The summed E-state index contributed by atoms with van der Waals surface area (Å²) in [5.41, 5.74) is 1.31. The second-order valence-electron chi connectivity index (χ2n) is 5.48. The number of hydrogen-bond donors (Lipinski definition) is 1. The van der Waals surface area contributed by atoms with E-state index in [4.69, 9.17) is 4.42 Å². The fourth-order valence-electron chi connectivity index (χ4n) is 2.91. The van der Waals surface area contributed by atoms with E-state index in [0.29, 0.717) is 6.04 Å². The molecule has 1 aromatic rings. The van der Waals surface area contributed by atoms with Crippen LogP contribution in [0, 0.1) is 5.92 Å². The number of rotatable bonds is 4. The van der Waals surface area contributed by atoms with Crippen LogP contribution in [0.5, 0.6) is 0 Å². The molecule has 1 aromatic heterocycles. The van der Waals surface area contributed by atoms with Crippen LogP contribution >= 0.6 is 0 Å². The highest BCUT2D eigenvalue weighted by atomic mass is 16.3. The fraction of sp³-hybridized carbons (Fsp3) is 0.714. The van der Waals surface area contributed by atoms with Gasteiger partial charge < -0.3 is 9.73 Å². The van der Waals surface area contributed by atoms with Gasteiger partial charge in [-0.2, -0.15) is 0 Å². The van der Waals surface area contributed by atoms with Gasteiger partial charge in [-0.3, -0.25) is 4.90 Å². The van der Waals surface area contributed by atoms with Gasteiger partial charge in [0.1, 0.15) is 0 Å². The summed E-state index contributed by atoms with van der Waals surface area (Å²) in [4.78, 5) is 2.63. The molecule has 2 heterocycles. The van der Waals surface area contributed by atoms with Crippen LogP contribution in [0.3, 0.4) is 0 Å². The van der Waals surface area contributed by atoms with Crippen molar-refractivity contribution < 1.29 is 4.42 Å². The largest absolute Gasteiger partial charge is 0.472 e. The van der Waals surface area contributed by atoms with E-state index >= 15 is 0 Å². The Kier molecular flexibility index (Phi) is 3.21. The Morgan fingerprint density at radius 2 is 2.35 bits per heavy atom. The lowest BCUT2D eigenvalue weighted by Crippen LogP contribution is -2.56. The first-order valence-corrected chi connectivity index (χ1v) is 6.85. The highest BCUT2D eigenvalue weighted by Gasteiger charge is 2.36. The first-order chi connectivity index (χ1) is 8.36. The second-order valence-corrected chi connectivity index (χ2v) is 5.48. The van der Waals surface area contributed by atoms with Crippen LogP contribution in [0.1, 0.15) is 31.7 Å². The average Bonchev–Trinajstić information content (AvgIpc) is 3.09. The van der Waals surface area contributed by atoms with Crippen LogP contribution in [0.15, 0.2) is 23.0 Å². The lowest BCUT2D eigenvalue weighted by atomic mass is 10.0. The Balaban J connectivity index is 1.64. The van der Waals surface area contributed by atoms with Crippen LogP contribution < -0.4 is 5.32 Å². The number of hydrogen-bond acceptors (Lipinski definition) is 3. The summed E-state index contributed by atoms with van der Waals surface area (Å²) < 4.78 is 5.17. The van der Waals surface area contributed by atoms with Crippen molar-refractivity contribution >= 4 is 0 Å². The molecule has 1 N–H and O–H groups in total. The van der Waals surface area contributed by atoms with E-state index in [-0.39, 0.29) is 0 Å². The second kappa shape index (κ2) is 4.83. The molecule has 1 aliphatic heterocycles. The Hall–Kier alpha value is -0.800. The molecule has 1 saturated carbocycles. The minimum absolute atomic E-state index is 0.680. The first kappa shape index (κ1) is 11.3. The number of piperazine rings is 1. The van der Waals surface area contributed by atoms with Crippen LogP contribution in [0.2, 0.25) is 0 Å². The summed E-state index contributed by atoms with van der Waals surface area (Å²) >= 11 is 0. The quantitative estimate of drug-likeness (QED) is 0.866. The van der Waals surface area contributed by atoms with Gasteiger partial charge in [0.2, 0.25) is 0 Å². The molecule has 17 heavy (non-hydrogen) atoms. The summed E-state index contributed by atoms with van der Waals surface area (Å²) in [6.07, 6.45) is 7.72. The van der Waals surface area contributed by atoms with E-state index in [1.807, 2.05) is 6.26 Å². The standard InChI is InChI=1S/C14H22N2O/c1-2-13-7-15-14(12-3-4-12)9-16(13)8-11-5-6-17-10-11/h5-6,10,12-15H,2-4,7-9H2,1H3. The molecule has 3 heteroatoms. The topological polar surface area (TPSA) is 28.4 Å². The summed E-state index contributed by atoms with van der Waals surface area (Å²) in [6.45, 7) is 5.68. The zero-order valence-electron chi connectivity index (χ0n) is 10.6. The van der Waals surface area contributed by atoms with Gasteiger partial charge in [0.05, 0.1) is 12.5 Å². The monoisotopic (exact) mass is 234 g/mol. The maximum absolute atomic E-state index is 5.17. The van der Waals surface area contributed by atoms with Gasteiger partial charge in [0.15, 0.2) is 0 Å². The Labute approximate surface area is 103 Å². The van der Waals surface area contributed by atoms with Crippen molar-refractivity contribution in [1.82, 2.24) is 10.2 Å². The molecule has 3 rings (SSSR count). The third-order valence-electron chi connectivity index (χ3n) is 4.19. The van der Waals surface area contributed by atoms with Crippen molar-refractivity contribution in [3.63, 3.8) is 0 Å². The van der Waals surface area contributed by atoms with E-state index in [0.717, 1.165) is 25.0 Å². The summed E-state index contributed by atoms with van der Waals surface area (Å²) in [5.74, 6) is 0.944. The molecule has 0 amide bonds. The summed E-state index contributed by atoms with van der Waals surface area (Å²) in [6, 6.07) is 3.49. The molecule has 0 radical (unpaired) electrons. The normalized spacial score (nSPS) is 30.6. The molecule has 3 nitrogen and oxygen atoms in total. The average molecular weight is 234 g/mol. The number of nitrogens with zero attached hydrogens (tertiary/aromatic N) is 1. The highest BCUT2D eigenvalue weighted by molar-refractivity contribution is 5.06. The fourth-order valence-corrected chi connectivity index (χ4v) is 2.91. The molecular weight excluding hydrogens is 212 g/mol. The first-order valence-electron chi connectivity index (χ1n) is 6.85. The molecule has 0 spiro atoms. The maximum atomic E-state index is 5.17. The van der Waals surface area contributed by atoms with Crippen LogP contribution in [0.25, 0.3) is 0 Å². The van der Waals surface area contributed by atoms with Crippen molar-refractivity contribution in [2.24, 2.45) is 5.92 Å². The number of furan rings is 1. The molecule has 1 saturated heterocycles. The molecular formula is C14H22N2O. The third kappa shape index (κ3) is 2.55. The highest BCUT2D eigenvalue weighted by Crippen LogP contribution is 2.34. The minimum atomic E-state index is 0.680. The van der Waals surface area contributed by atoms with Crippen molar-refractivity contribution in [1.29, 1.82) is 0 Å². The molecule has 94 valence electrons. The smallest absolute Gasteiger partial charge is 0.0947 e. The van der Waals surface area contributed by atoms with E-state index in [9.17, 15) is 0 Å². The van der Waals surface area contributed by atoms with Crippen molar-refractivity contribution in [3.8, 4) is 0 Å². The van der Waals surface area contributed by atoms with Crippen molar-refractivity contribution in [2.75, 3.05) is 13.1 Å². The molecule has 2 aliphatic rings. The lowest BCUT2D eigenvalue weighted by molar-refractivity contribution is 0.111. The van der Waals surface area contributed by atoms with E-state index in [2.05, 4.69) is 23.2 Å². The number of nitrogens with one attached hydrogen (secondary N) is 1. The van der Waals surface area contributed by atoms with Crippen LogP contribution in [-0.4, -0.2) is 30.1 Å². The van der Waals surface area contributed by atoms with E-state index < -0.39 is 0 Å². The predicted molar refractivity (Wildman–Crippen MR) is 67.7 cm³/mol. The summed E-state index contributed by atoms with van der Waals surface area (Å²) in [5, 5.41) is 3.73. The molecule has 0 bridgehead atoms. The van der Waals surface area contributed by atoms with Gasteiger partial charge in [-0.1, -0.05) is 6.92 Å². The van der Waals surface area contributed by atoms with Crippen molar-refractivity contribution in [2.45, 2.75) is 44.8 Å². The Bertz CT molecular complexity index is 345. The maximum Gasteiger partial charge on any atom is 0.0947 e. The van der Waals surface area contributed by atoms with Gasteiger partial charge in [-0.15, -0.1) is 0 Å². The van der Waals surface area contributed by atoms with Crippen LogP contribution in [0.4, 0.5) is 0 Å². The van der Waals surface area contributed by atoms with Crippen molar-refractivity contribution in [3.05, 3.63) is 24.2 Å². The Morgan fingerprint density at radius 1 is 1.47 bits per heavy atom. The van der Waals surface area contributed by atoms with E-state index in [1.165, 1.54) is 31.4 Å². The Morgan fingerprint density at radius 3 is 3.00 bits per heavy atom. The lowest BCUT2D eigenvalue weighted by Gasteiger charge is -2.40. The van der Waals surface area contributed by atoms with Gasteiger partial charge >= 0.3 is 0 Å². The molecule has 0 aromatic carbocycles. The van der Waals surface area contributed by atoms with Gasteiger partial charge in [-0.25, -0.2) is 0 Å². The zero-order chi connectivity index (χ0) is 11.7. The minimum Gasteiger partial charge on any atom is -0.472 e. The molecule has 2 atom stereocenters. The third-order valence-corrected chi connectivity index (χ3v) is 4.19. The van der Waals surface area contributed by atoms with Crippen LogP contribution in [-0.2, 0) is 6.54 Å². The van der Waals surface area contributed by atoms with Gasteiger partial charge in [-0.05, 0) is 31.2 Å².